The molecular formula is C19H22N4O2. The summed E-state index contributed by atoms with van der Waals surface area (Å²) in [5, 5.41) is 3.75. The van der Waals surface area contributed by atoms with Crippen molar-refractivity contribution in [3.8, 4) is 0 Å². The molecule has 2 aromatic carbocycles. The molecule has 0 spiro atoms. The lowest BCUT2D eigenvalue weighted by Gasteiger charge is -2.16. The van der Waals surface area contributed by atoms with Crippen LogP contribution in [0.2, 0.25) is 0 Å². The summed E-state index contributed by atoms with van der Waals surface area (Å²) in [5.41, 5.74) is 7.67. The van der Waals surface area contributed by atoms with Crippen molar-refractivity contribution in [2.75, 3.05) is 23.1 Å². The lowest BCUT2D eigenvalue weighted by molar-refractivity contribution is -0.122. The van der Waals surface area contributed by atoms with Crippen molar-refractivity contribution >= 4 is 23.2 Å². The van der Waals surface area contributed by atoms with Gasteiger partial charge in [-0.05, 0) is 24.3 Å². The first-order valence-corrected chi connectivity index (χ1v) is 8.38. The standard InChI is InChI=1S/C10H12N2O.C9H10N2O/c1-8-7-12(11-10(8)13)9-5-3-2-4-6-9;12-9-6-7-11(10-9)8-4-2-1-3-5-8/h2-6,8H,7H2,1H3,(H,11,13);1-5H,6-7H2,(H,10,12). The predicted molar refractivity (Wildman–Crippen MR) is 97.6 cm³/mol. The minimum atomic E-state index is 0.0835. The van der Waals surface area contributed by atoms with Gasteiger partial charge in [-0.2, -0.15) is 0 Å². The van der Waals surface area contributed by atoms with E-state index in [0.717, 1.165) is 24.5 Å². The van der Waals surface area contributed by atoms with Crippen LogP contribution in [0.25, 0.3) is 0 Å². The molecule has 6 nitrogen and oxygen atoms in total. The van der Waals surface area contributed by atoms with E-state index in [1.54, 1.807) is 0 Å². The van der Waals surface area contributed by atoms with E-state index in [2.05, 4.69) is 10.9 Å². The molecule has 0 saturated carbocycles. The smallest absolute Gasteiger partial charge is 0.243 e. The third kappa shape index (κ3) is 4.29. The summed E-state index contributed by atoms with van der Waals surface area (Å²) in [4.78, 5) is 22.1. The minimum Gasteiger partial charge on any atom is -0.285 e. The van der Waals surface area contributed by atoms with Crippen molar-refractivity contribution in [3.63, 3.8) is 0 Å². The molecule has 2 fully saturated rings. The van der Waals surface area contributed by atoms with E-state index >= 15 is 0 Å². The Morgan fingerprint density at radius 2 is 1.40 bits per heavy atom. The van der Waals surface area contributed by atoms with E-state index in [4.69, 9.17) is 0 Å². The largest absolute Gasteiger partial charge is 0.285 e. The number of hydrogen-bond donors (Lipinski definition) is 2. The Balaban J connectivity index is 0.000000146. The normalized spacial score (nSPS) is 19.2. The van der Waals surface area contributed by atoms with Gasteiger partial charge in [0.15, 0.2) is 0 Å². The van der Waals surface area contributed by atoms with E-state index in [-0.39, 0.29) is 17.7 Å². The Morgan fingerprint density at radius 3 is 1.84 bits per heavy atom. The molecule has 2 heterocycles. The number of nitrogens with one attached hydrogen (secondary N) is 2. The Hall–Kier alpha value is -3.02. The second-order valence-electron chi connectivity index (χ2n) is 6.10. The monoisotopic (exact) mass is 338 g/mol. The maximum absolute atomic E-state index is 11.2. The van der Waals surface area contributed by atoms with Gasteiger partial charge in [0.25, 0.3) is 0 Å². The lowest BCUT2D eigenvalue weighted by atomic mass is 10.2. The van der Waals surface area contributed by atoms with Gasteiger partial charge in [0.1, 0.15) is 0 Å². The maximum atomic E-state index is 11.2. The second-order valence-corrected chi connectivity index (χ2v) is 6.10. The molecule has 1 unspecified atom stereocenters. The Labute approximate surface area is 147 Å². The minimum absolute atomic E-state index is 0.0835. The first kappa shape index (κ1) is 16.8. The highest BCUT2D eigenvalue weighted by Crippen LogP contribution is 2.17. The fraction of sp³-hybridized carbons (Fsp3) is 0.263. The van der Waals surface area contributed by atoms with Gasteiger partial charge in [0.05, 0.1) is 23.8 Å². The molecule has 4 rings (SSSR count). The van der Waals surface area contributed by atoms with E-state index in [9.17, 15) is 9.59 Å². The number of benzene rings is 2. The molecule has 1 atom stereocenters. The highest BCUT2D eigenvalue weighted by Gasteiger charge is 2.26. The van der Waals surface area contributed by atoms with Gasteiger partial charge in [-0.25, -0.2) is 0 Å². The quantitative estimate of drug-likeness (QED) is 0.880. The highest BCUT2D eigenvalue weighted by atomic mass is 16.2. The number of para-hydroxylation sites is 2. The zero-order valence-corrected chi connectivity index (χ0v) is 14.2. The highest BCUT2D eigenvalue weighted by molar-refractivity contribution is 5.83. The molecule has 2 aliphatic heterocycles. The van der Waals surface area contributed by atoms with Crippen LogP contribution in [0.5, 0.6) is 0 Å². The van der Waals surface area contributed by atoms with Crippen molar-refractivity contribution in [1.29, 1.82) is 0 Å². The number of amides is 2. The van der Waals surface area contributed by atoms with Crippen LogP contribution in [0.4, 0.5) is 11.4 Å². The van der Waals surface area contributed by atoms with Crippen molar-refractivity contribution in [1.82, 2.24) is 10.9 Å². The maximum Gasteiger partial charge on any atom is 0.243 e. The zero-order valence-electron chi connectivity index (χ0n) is 14.2. The number of carbonyl (C=O) groups excluding carboxylic acids is 2. The summed E-state index contributed by atoms with van der Waals surface area (Å²) in [5.74, 6) is 0.280. The van der Waals surface area contributed by atoms with Gasteiger partial charge >= 0.3 is 0 Å². The molecule has 0 aromatic heterocycles. The molecule has 0 bridgehead atoms. The average Bonchev–Trinajstić information content (AvgIpc) is 3.23. The van der Waals surface area contributed by atoms with Crippen molar-refractivity contribution in [2.45, 2.75) is 13.3 Å². The summed E-state index contributed by atoms with van der Waals surface area (Å²) in [7, 11) is 0. The second kappa shape index (κ2) is 7.70. The molecule has 2 amide bonds. The fourth-order valence-corrected chi connectivity index (χ4v) is 2.70. The van der Waals surface area contributed by atoms with Gasteiger partial charge in [-0.3, -0.25) is 30.5 Å². The molecule has 6 heteroatoms. The van der Waals surface area contributed by atoms with Gasteiger partial charge in [0.2, 0.25) is 11.8 Å². The predicted octanol–water partition coefficient (Wildman–Crippen LogP) is 2.10. The van der Waals surface area contributed by atoms with Crippen LogP contribution in [0.1, 0.15) is 13.3 Å². The SMILES string of the molecule is CC1CN(c2ccccc2)NC1=O.O=C1CCN(c2ccccc2)N1. The summed E-state index contributed by atoms with van der Waals surface area (Å²) >= 11 is 0. The number of anilines is 2. The first-order chi connectivity index (χ1) is 12.1. The van der Waals surface area contributed by atoms with Gasteiger partial charge in [-0.1, -0.05) is 43.3 Å². The van der Waals surface area contributed by atoms with Crippen molar-refractivity contribution in [3.05, 3.63) is 60.7 Å². The number of rotatable bonds is 2. The summed E-state index contributed by atoms with van der Waals surface area (Å²) in [6.07, 6.45) is 0.592. The Morgan fingerprint density at radius 1 is 0.840 bits per heavy atom. The molecule has 2 aliphatic rings. The molecule has 2 saturated heterocycles. The molecule has 0 aliphatic carbocycles. The molecule has 25 heavy (non-hydrogen) atoms. The summed E-state index contributed by atoms with van der Waals surface area (Å²) < 4.78 is 0. The van der Waals surface area contributed by atoms with Crippen LogP contribution < -0.4 is 20.9 Å². The summed E-state index contributed by atoms with van der Waals surface area (Å²) in [6, 6.07) is 19.7. The van der Waals surface area contributed by atoms with Crippen LogP contribution in [0, 0.1) is 5.92 Å². The zero-order chi connectivity index (χ0) is 17.6. The average molecular weight is 338 g/mol. The third-order valence-electron chi connectivity index (χ3n) is 4.11. The van der Waals surface area contributed by atoms with E-state index in [0.29, 0.717) is 6.42 Å². The number of nitrogens with zero attached hydrogens (tertiary/aromatic N) is 2. The van der Waals surface area contributed by atoms with Gasteiger partial charge < -0.3 is 0 Å². The number of hydrazine groups is 2. The van der Waals surface area contributed by atoms with E-state index in [1.807, 2.05) is 77.6 Å². The number of hydrogen-bond acceptors (Lipinski definition) is 4. The molecule has 130 valence electrons. The first-order valence-electron chi connectivity index (χ1n) is 8.38. The Kier molecular flexibility index (Phi) is 5.18. The van der Waals surface area contributed by atoms with Crippen LogP contribution in [0.3, 0.4) is 0 Å². The Bertz CT molecular complexity index is 721. The van der Waals surface area contributed by atoms with Crippen LogP contribution >= 0.6 is 0 Å². The third-order valence-corrected chi connectivity index (χ3v) is 4.11. The van der Waals surface area contributed by atoms with E-state index < -0.39 is 0 Å². The van der Waals surface area contributed by atoms with Crippen LogP contribution in [-0.2, 0) is 9.59 Å². The summed E-state index contributed by atoms with van der Waals surface area (Å²) in [6.45, 7) is 3.45. The molecule has 0 radical (unpaired) electrons. The molecule has 2 aromatic rings. The van der Waals surface area contributed by atoms with Gasteiger partial charge in [-0.15, -0.1) is 0 Å². The van der Waals surface area contributed by atoms with Crippen molar-refractivity contribution in [2.24, 2.45) is 5.92 Å². The van der Waals surface area contributed by atoms with Crippen molar-refractivity contribution < 1.29 is 9.59 Å². The fourth-order valence-electron chi connectivity index (χ4n) is 2.70. The van der Waals surface area contributed by atoms with Gasteiger partial charge in [0, 0.05) is 13.0 Å². The van der Waals surface area contributed by atoms with E-state index in [1.165, 1.54) is 0 Å². The van der Waals surface area contributed by atoms with Crippen LogP contribution in [-0.4, -0.2) is 24.9 Å². The topological polar surface area (TPSA) is 64.7 Å². The molecular weight excluding hydrogens is 316 g/mol. The van der Waals surface area contributed by atoms with Crippen LogP contribution in [0.15, 0.2) is 60.7 Å². The number of carbonyl (C=O) groups is 2. The molecule has 2 N–H and O–H groups in total. The lowest BCUT2D eigenvalue weighted by Crippen LogP contribution is -2.32.